The number of carbonyl (C=O) groups is 1. The third-order valence-electron chi connectivity index (χ3n) is 5.25. The SMILES string of the molecule is Cl.O=C(NCC(c1ccccc1)N1CCCC1)C1=C(c2ccccc2)SCCO1. The molecular weight excluding hydrogens is 404 g/mol. The van der Waals surface area contributed by atoms with Gasteiger partial charge in [0.2, 0.25) is 0 Å². The second-order valence-corrected chi connectivity index (χ2v) is 8.21. The van der Waals surface area contributed by atoms with E-state index in [0.717, 1.165) is 29.3 Å². The van der Waals surface area contributed by atoms with Crippen LogP contribution in [0, 0.1) is 0 Å². The molecule has 2 heterocycles. The van der Waals surface area contributed by atoms with Gasteiger partial charge in [-0.05, 0) is 37.1 Å². The summed E-state index contributed by atoms with van der Waals surface area (Å²) >= 11 is 1.69. The zero-order valence-corrected chi connectivity index (χ0v) is 18.0. The number of carbonyl (C=O) groups excluding carboxylic acids is 1. The summed E-state index contributed by atoms with van der Waals surface area (Å²) in [4.78, 5) is 16.4. The second-order valence-electron chi connectivity index (χ2n) is 7.10. The fraction of sp³-hybridized carbons (Fsp3) is 0.348. The molecule has 0 radical (unpaired) electrons. The molecule has 0 aliphatic carbocycles. The van der Waals surface area contributed by atoms with Crippen molar-refractivity contribution in [2.45, 2.75) is 18.9 Å². The summed E-state index contributed by atoms with van der Waals surface area (Å²) in [6.45, 7) is 3.32. The topological polar surface area (TPSA) is 41.6 Å². The fourth-order valence-electron chi connectivity index (χ4n) is 3.85. The summed E-state index contributed by atoms with van der Waals surface area (Å²) in [6.07, 6.45) is 2.45. The Labute approximate surface area is 183 Å². The van der Waals surface area contributed by atoms with Gasteiger partial charge >= 0.3 is 0 Å². The van der Waals surface area contributed by atoms with E-state index in [0.29, 0.717) is 18.9 Å². The van der Waals surface area contributed by atoms with Crippen molar-refractivity contribution in [3.05, 3.63) is 77.5 Å². The maximum atomic E-state index is 13.0. The molecular formula is C23H27ClN2O2S. The Kier molecular flexibility index (Phi) is 8.04. The summed E-state index contributed by atoms with van der Waals surface area (Å²) in [6, 6.07) is 20.7. The number of hydrogen-bond acceptors (Lipinski definition) is 4. The molecule has 154 valence electrons. The Morgan fingerprint density at radius 3 is 2.38 bits per heavy atom. The minimum absolute atomic E-state index is 0. The van der Waals surface area contributed by atoms with Crippen LogP contribution in [0.4, 0.5) is 0 Å². The first-order valence-corrected chi connectivity index (χ1v) is 10.9. The molecule has 0 spiro atoms. The Morgan fingerprint density at radius 1 is 1.03 bits per heavy atom. The van der Waals surface area contributed by atoms with E-state index in [9.17, 15) is 4.79 Å². The van der Waals surface area contributed by atoms with Crippen LogP contribution in [0.25, 0.3) is 4.91 Å². The Balaban J connectivity index is 0.00000240. The van der Waals surface area contributed by atoms with Crippen LogP contribution in [0.5, 0.6) is 0 Å². The minimum Gasteiger partial charge on any atom is -0.486 e. The predicted molar refractivity (Wildman–Crippen MR) is 122 cm³/mol. The van der Waals surface area contributed by atoms with Gasteiger partial charge in [-0.2, -0.15) is 0 Å². The maximum absolute atomic E-state index is 13.0. The van der Waals surface area contributed by atoms with E-state index < -0.39 is 0 Å². The molecule has 4 nitrogen and oxygen atoms in total. The van der Waals surface area contributed by atoms with Crippen molar-refractivity contribution >= 4 is 35.0 Å². The highest BCUT2D eigenvalue weighted by Gasteiger charge is 2.27. The van der Waals surface area contributed by atoms with E-state index >= 15 is 0 Å². The van der Waals surface area contributed by atoms with Crippen LogP contribution in [0.2, 0.25) is 0 Å². The summed E-state index contributed by atoms with van der Waals surface area (Å²) in [5.74, 6) is 1.20. The van der Waals surface area contributed by atoms with Crippen LogP contribution < -0.4 is 5.32 Å². The Morgan fingerprint density at radius 2 is 1.69 bits per heavy atom. The number of rotatable bonds is 6. The minimum atomic E-state index is -0.119. The lowest BCUT2D eigenvalue weighted by molar-refractivity contribution is -0.121. The average Bonchev–Trinajstić information content (AvgIpc) is 3.30. The number of ether oxygens (including phenoxy) is 1. The number of nitrogens with zero attached hydrogens (tertiary/aromatic N) is 1. The highest BCUT2D eigenvalue weighted by molar-refractivity contribution is 8.08. The van der Waals surface area contributed by atoms with Crippen LogP contribution in [0.3, 0.4) is 0 Å². The smallest absolute Gasteiger partial charge is 0.287 e. The lowest BCUT2D eigenvalue weighted by Crippen LogP contribution is -2.38. The zero-order valence-electron chi connectivity index (χ0n) is 16.4. The molecule has 1 saturated heterocycles. The van der Waals surface area contributed by atoms with Crippen LogP contribution >= 0.6 is 24.2 Å². The van der Waals surface area contributed by atoms with E-state index in [1.165, 1.54) is 18.4 Å². The normalized spacial score (nSPS) is 17.9. The second kappa shape index (κ2) is 10.7. The summed E-state index contributed by atoms with van der Waals surface area (Å²) in [5.41, 5.74) is 2.29. The predicted octanol–water partition coefficient (Wildman–Crippen LogP) is 4.49. The Bertz CT molecular complexity index is 823. The molecule has 0 aromatic heterocycles. The molecule has 0 saturated carbocycles. The van der Waals surface area contributed by atoms with Crippen LogP contribution in [-0.4, -0.2) is 42.8 Å². The van der Waals surface area contributed by atoms with Gasteiger partial charge in [0.1, 0.15) is 0 Å². The van der Waals surface area contributed by atoms with E-state index in [2.05, 4.69) is 34.5 Å². The largest absolute Gasteiger partial charge is 0.486 e. The molecule has 1 amide bonds. The van der Waals surface area contributed by atoms with Crippen LogP contribution in [0.15, 0.2) is 66.4 Å². The van der Waals surface area contributed by atoms with Crippen molar-refractivity contribution in [2.75, 3.05) is 32.0 Å². The molecule has 4 rings (SSSR count). The zero-order chi connectivity index (χ0) is 19.2. The van der Waals surface area contributed by atoms with Gasteiger partial charge in [0.25, 0.3) is 5.91 Å². The van der Waals surface area contributed by atoms with Crippen molar-refractivity contribution in [1.29, 1.82) is 0 Å². The maximum Gasteiger partial charge on any atom is 0.287 e. The molecule has 29 heavy (non-hydrogen) atoms. The highest BCUT2D eigenvalue weighted by atomic mass is 35.5. The first-order valence-electron chi connectivity index (χ1n) is 9.95. The van der Waals surface area contributed by atoms with Crippen LogP contribution in [-0.2, 0) is 9.53 Å². The molecule has 2 aromatic rings. The first-order chi connectivity index (χ1) is 13.8. The molecule has 6 heteroatoms. The lowest BCUT2D eigenvalue weighted by Gasteiger charge is -2.29. The number of thioether (sulfide) groups is 1. The molecule has 1 unspecified atom stereocenters. The number of benzene rings is 2. The van der Waals surface area contributed by atoms with Crippen molar-refractivity contribution in [2.24, 2.45) is 0 Å². The molecule has 2 aliphatic rings. The van der Waals surface area contributed by atoms with Crippen molar-refractivity contribution in [3.63, 3.8) is 0 Å². The van der Waals surface area contributed by atoms with E-state index in [4.69, 9.17) is 4.74 Å². The van der Waals surface area contributed by atoms with E-state index in [1.54, 1.807) is 11.8 Å². The average molecular weight is 431 g/mol. The summed E-state index contributed by atoms with van der Waals surface area (Å²) < 4.78 is 5.80. The third kappa shape index (κ3) is 5.35. The standard InChI is InChI=1S/C23H26N2O2S.ClH/c26-23(21-22(28-16-15-27-21)19-11-5-2-6-12-19)24-17-20(25-13-7-8-14-25)18-9-3-1-4-10-18;/h1-6,9-12,20H,7-8,13-17H2,(H,24,26);1H. The van der Waals surface area contributed by atoms with Gasteiger partial charge in [-0.1, -0.05) is 60.7 Å². The molecule has 2 aliphatic heterocycles. The van der Waals surface area contributed by atoms with Crippen molar-refractivity contribution in [3.8, 4) is 0 Å². The fourth-order valence-corrected chi connectivity index (χ4v) is 4.80. The van der Waals surface area contributed by atoms with Gasteiger partial charge in [-0.25, -0.2) is 0 Å². The number of halogens is 1. The van der Waals surface area contributed by atoms with Gasteiger partial charge in [0, 0.05) is 12.3 Å². The first kappa shape index (κ1) is 21.8. The van der Waals surface area contributed by atoms with Crippen molar-refractivity contribution in [1.82, 2.24) is 10.2 Å². The molecule has 0 bridgehead atoms. The highest BCUT2D eigenvalue weighted by Crippen LogP contribution is 2.34. The number of amides is 1. The summed E-state index contributed by atoms with van der Waals surface area (Å²) in [7, 11) is 0. The molecule has 2 aromatic carbocycles. The van der Waals surface area contributed by atoms with Gasteiger partial charge in [0.15, 0.2) is 5.76 Å². The number of hydrogen-bond donors (Lipinski definition) is 1. The molecule has 1 atom stereocenters. The monoisotopic (exact) mass is 430 g/mol. The van der Waals surface area contributed by atoms with Gasteiger partial charge in [-0.3, -0.25) is 9.69 Å². The van der Waals surface area contributed by atoms with E-state index in [-0.39, 0.29) is 24.4 Å². The number of nitrogens with one attached hydrogen (secondary N) is 1. The summed E-state index contributed by atoms with van der Waals surface area (Å²) in [5, 5.41) is 3.15. The molecule has 1 fully saturated rings. The van der Waals surface area contributed by atoms with Gasteiger partial charge in [0.05, 0.1) is 17.6 Å². The quantitative estimate of drug-likeness (QED) is 0.732. The lowest BCUT2D eigenvalue weighted by atomic mass is 10.1. The van der Waals surface area contributed by atoms with Gasteiger partial charge < -0.3 is 10.1 Å². The molecule has 1 N–H and O–H groups in total. The Hall–Kier alpha value is -1.95. The number of likely N-dealkylation sites (tertiary alicyclic amines) is 1. The van der Waals surface area contributed by atoms with Gasteiger partial charge in [-0.15, -0.1) is 24.2 Å². The van der Waals surface area contributed by atoms with Crippen LogP contribution in [0.1, 0.15) is 30.0 Å². The third-order valence-corrected chi connectivity index (χ3v) is 6.33. The van der Waals surface area contributed by atoms with E-state index in [1.807, 2.05) is 36.4 Å². The van der Waals surface area contributed by atoms with Crippen molar-refractivity contribution < 1.29 is 9.53 Å².